The highest BCUT2D eigenvalue weighted by atomic mass is 35.5. The van der Waals surface area contributed by atoms with Crippen molar-refractivity contribution in [2.75, 3.05) is 18.5 Å². The second-order valence-corrected chi connectivity index (χ2v) is 5.13. The molecule has 0 bridgehead atoms. The third-order valence-corrected chi connectivity index (χ3v) is 3.53. The lowest BCUT2D eigenvalue weighted by Gasteiger charge is -2.23. The zero-order valence-corrected chi connectivity index (χ0v) is 10.1. The van der Waals surface area contributed by atoms with Gasteiger partial charge >= 0.3 is 0 Å². The van der Waals surface area contributed by atoms with Gasteiger partial charge in [-0.1, -0.05) is 23.2 Å². The highest BCUT2D eigenvalue weighted by Crippen LogP contribution is 2.34. The maximum Gasteiger partial charge on any atom is 0.0612 e. The van der Waals surface area contributed by atoms with Crippen LogP contribution in [0, 0.1) is 0 Å². The maximum absolute atomic E-state index is 6.05. The number of halogens is 2. The summed E-state index contributed by atoms with van der Waals surface area (Å²) >= 11 is 11.8. The molecule has 0 aromatic heterocycles. The van der Waals surface area contributed by atoms with Crippen LogP contribution in [0.15, 0.2) is 18.2 Å². The van der Waals surface area contributed by atoms with Gasteiger partial charge in [-0.2, -0.15) is 0 Å². The van der Waals surface area contributed by atoms with Crippen LogP contribution in [-0.2, 0) is 0 Å². The van der Waals surface area contributed by atoms with Gasteiger partial charge in [0.2, 0.25) is 0 Å². The molecule has 1 aliphatic rings. The molecule has 1 aromatic rings. The summed E-state index contributed by atoms with van der Waals surface area (Å²) in [5, 5.41) is 1.17. The first kappa shape index (κ1) is 11.1. The summed E-state index contributed by atoms with van der Waals surface area (Å²) < 4.78 is 0. The molecule has 2 nitrogen and oxygen atoms in total. The van der Waals surface area contributed by atoms with E-state index in [-0.39, 0.29) is 5.54 Å². The SMILES string of the molecule is CN(CC1(N)CC1)c1ccc(Cl)c(Cl)c1. The van der Waals surface area contributed by atoms with Crippen LogP contribution in [0.2, 0.25) is 10.0 Å². The topological polar surface area (TPSA) is 29.3 Å². The second kappa shape index (κ2) is 3.85. The molecule has 2 N–H and O–H groups in total. The number of benzene rings is 1. The largest absolute Gasteiger partial charge is 0.373 e. The summed E-state index contributed by atoms with van der Waals surface area (Å²) in [7, 11) is 2.02. The van der Waals surface area contributed by atoms with Gasteiger partial charge in [0.15, 0.2) is 0 Å². The van der Waals surface area contributed by atoms with Crippen LogP contribution < -0.4 is 10.6 Å². The summed E-state index contributed by atoms with van der Waals surface area (Å²) in [6, 6.07) is 5.64. The molecule has 0 aliphatic heterocycles. The van der Waals surface area contributed by atoms with E-state index in [4.69, 9.17) is 28.9 Å². The number of hydrogen-bond acceptors (Lipinski definition) is 2. The van der Waals surface area contributed by atoms with Crippen molar-refractivity contribution in [3.8, 4) is 0 Å². The maximum atomic E-state index is 6.05. The van der Waals surface area contributed by atoms with Gasteiger partial charge in [-0.25, -0.2) is 0 Å². The molecular weight excluding hydrogens is 231 g/mol. The summed E-state index contributed by atoms with van der Waals surface area (Å²) in [5.41, 5.74) is 7.12. The molecule has 0 heterocycles. The highest BCUT2D eigenvalue weighted by Gasteiger charge is 2.39. The van der Waals surface area contributed by atoms with Gasteiger partial charge in [-0.05, 0) is 31.0 Å². The molecule has 0 amide bonds. The third-order valence-electron chi connectivity index (χ3n) is 2.79. The fourth-order valence-electron chi connectivity index (χ4n) is 1.60. The number of anilines is 1. The molecule has 1 aliphatic carbocycles. The van der Waals surface area contributed by atoms with Gasteiger partial charge in [0, 0.05) is 24.8 Å². The van der Waals surface area contributed by atoms with E-state index in [2.05, 4.69) is 4.90 Å². The molecule has 82 valence electrons. The zero-order valence-electron chi connectivity index (χ0n) is 8.63. The normalized spacial score (nSPS) is 17.6. The predicted octanol–water partition coefficient (Wildman–Crippen LogP) is 2.92. The van der Waals surface area contributed by atoms with Crippen LogP contribution in [0.25, 0.3) is 0 Å². The summed E-state index contributed by atoms with van der Waals surface area (Å²) in [4.78, 5) is 2.12. The van der Waals surface area contributed by atoms with Crippen molar-refractivity contribution in [3.63, 3.8) is 0 Å². The van der Waals surface area contributed by atoms with Gasteiger partial charge in [0.25, 0.3) is 0 Å². The van der Waals surface area contributed by atoms with Gasteiger partial charge in [-0.3, -0.25) is 0 Å². The fraction of sp³-hybridized carbons (Fsp3) is 0.455. The molecule has 0 saturated heterocycles. The van der Waals surface area contributed by atoms with Crippen LogP contribution in [0.1, 0.15) is 12.8 Å². The zero-order chi connectivity index (χ0) is 11.1. The first-order valence-electron chi connectivity index (χ1n) is 4.95. The lowest BCUT2D eigenvalue weighted by molar-refractivity contribution is 0.660. The number of rotatable bonds is 3. The average molecular weight is 245 g/mol. The molecule has 4 heteroatoms. The fourth-order valence-corrected chi connectivity index (χ4v) is 1.90. The van der Waals surface area contributed by atoms with Crippen molar-refractivity contribution in [1.29, 1.82) is 0 Å². The van der Waals surface area contributed by atoms with E-state index in [1.807, 2.05) is 25.2 Å². The van der Waals surface area contributed by atoms with Crippen molar-refractivity contribution in [3.05, 3.63) is 28.2 Å². The standard InChI is InChI=1S/C11H14Cl2N2/c1-15(7-11(14)4-5-11)8-2-3-9(12)10(13)6-8/h2-3,6H,4-5,7,14H2,1H3. The first-order chi connectivity index (χ1) is 7.00. The first-order valence-corrected chi connectivity index (χ1v) is 5.71. The van der Waals surface area contributed by atoms with Crippen LogP contribution in [0.4, 0.5) is 5.69 Å². The summed E-state index contributed by atoms with van der Waals surface area (Å²) in [6.07, 6.45) is 2.22. The third kappa shape index (κ3) is 2.57. The van der Waals surface area contributed by atoms with Crippen molar-refractivity contribution in [1.82, 2.24) is 0 Å². The quantitative estimate of drug-likeness (QED) is 0.887. The number of nitrogens with two attached hydrogens (primary N) is 1. The number of nitrogens with zero attached hydrogens (tertiary/aromatic N) is 1. The van der Waals surface area contributed by atoms with Crippen LogP contribution in [-0.4, -0.2) is 19.1 Å². The van der Waals surface area contributed by atoms with Gasteiger partial charge in [0.1, 0.15) is 0 Å². The minimum atomic E-state index is 0.0147. The number of likely N-dealkylation sites (N-methyl/N-ethyl adjacent to an activating group) is 1. The molecule has 1 saturated carbocycles. The Morgan fingerprint density at radius 3 is 2.53 bits per heavy atom. The molecular formula is C11H14Cl2N2. The van der Waals surface area contributed by atoms with E-state index in [1.165, 1.54) is 0 Å². The van der Waals surface area contributed by atoms with Crippen molar-refractivity contribution in [2.45, 2.75) is 18.4 Å². The smallest absolute Gasteiger partial charge is 0.0612 e. The monoisotopic (exact) mass is 244 g/mol. The Labute approximate surface area is 100.0 Å². The van der Waals surface area contributed by atoms with E-state index in [0.717, 1.165) is 25.1 Å². The van der Waals surface area contributed by atoms with E-state index < -0.39 is 0 Å². The summed E-state index contributed by atoms with van der Waals surface area (Å²) in [6.45, 7) is 0.866. The van der Waals surface area contributed by atoms with Crippen LogP contribution in [0.3, 0.4) is 0 Å². The molecule has 15 heavy (non-hydrogen) atoms. The van der Waals surface area contributed by atoms with E-state index in [1.54, 1.807) is 0 Å². The Morgan fingerprint density at radius 2 is 2.00 bits per heavy atom. The predicted molar refractivity (Wildman–Crippen MR) is 65.9 cm³/mol. The Bertz CT molecular complexity index is 375. The Balaban J connectivity index is 2.11. The minimum absolute atomic E-state index is 0.0147. The molecule has 0 unspecified atom stereocenters. The Hall–Kier alpha value is -0.440. The Morgan fingerprint density at radius 1 is 1.33 bits per heavy atom. The van der Waals surface area contributed by atoms with Crippen LogP contribution >= 0.6 is 23.2 Å². The van der Waals surface area contributed by atoms with Gasteiger partial charge in [-0.15, -0.1) is 0 Å². The van der Waals surface area contributed by atoms with Crippen molar-refractivity contribution >= 4 is 28.9 Å². The van der Waals surface area contributed by atoms with Crippen molar-refractivity contribution in [2.24, 2.45) is 5.73 Å². The second-order valence-electron chi connectivity index (χ2n) is 4.32. The molecule has 0 radical (unpaired) electrons. The van der Waals surface area contributed by atoms with E-state index in [0.29, 0.717) is 10.0 Å². The van der Waals surface area contributed by atoms with Gasteiger partial charge < -0.3 is 10.6 Å². The molecule has 0 spiro atoms. The highest BCUT2D eigenvalue weighted by molar-refractivity contribution is 6.42. The minimum Gasteiger partial charge on any atom is -0.373 e. The number of hydrogen-bond donors (Lipinski definition) is 1. The van der Waals surface area contributed by atoms with E-state index >= 15 is 0 Å². The molecule has 1 fully saturated rings. The van der Waals surface area contributed by atoms with Gasteiger partial charge in [0.05, 0.1) is 10.0 Å². The average Bonchev–Trinajstić information content (AvgIpc) is 2.88. The molecule has 0 atom stereocenters. The van der Waals surface area contributed by atoms with E-state index in [9.17, 15) is 0 Å². The molecule has 2 rings (SSSR count). The van der Waals surface area contributed by atoms with Crippen molar-refractivity contribution < 1.29 is 0 Å². The molecule has 1 aromatic carbocycles. The lowest BCUT2D eigenvalue weighted by Crippen LogP contribution is -2.37. The Kier molecular flexibility index (Phi) is 2.84. The summed E-state index contributed by atoms with van der Waals surface area (Å²) in [5.74, 6) is 0. The van der Waals surface area contributed by atoms with Crippen LogP contribution in [0.5, 0.6) is 0 Å². The lowest BCUT2D eigenvalue weighted by atomic mass is 10.2.